The Kier molecular flexibility index (Phi) is 4.67. The topological polar surface area (TPSA) is 75.6 Å². The van der Waals surface area contributed by atoms with Crippen LogP contribution in [0.25, 0.3) is 11.1 Å². The zero-order chi connectivity index (χ0) is 20.4. The van der Waals surface area contributed by atoms with Crippen molar-refractivity contribution < 1.29 is 18.3 Å². The molecule has 2 N–H and O–H groups in total. The maximum Gasteiger partial charge on any atom is 0.262 e. The van der Waals surface area contributed by atoms with Crippen LogP contribution in [0, 0.1) is 11.6 Å². The molecule has 0 radical (unpaired) electrons. The number of pyridine rings is 1. The Balaban J connectivity index is 1.59. The van der Waals surface area contributed by atoms with E-state index in [1.807, 2.05) is 31.2 Å². The molecule has 0 fully saturated rings. The zero-order valence-corrected chi connectivity index (χ0v) is 15.3. The lowest BCUT2D eigenvalue weighted by molar-refractivity contribution is 0.0732. The maximum absolute atomic E-state index is 13.8. The summed E-state index contributed by atoms with van der Waals surface area (Å²) in [5.41, 5.74) is 3.94. The molecule has 0 saturated carbocycles. The minimum Gasteiger partial charge on any atom is -0.451 e. The van der Waals surface area contributed by atoms with Gasteiger partial charge in [-0.05, 0) is 29.8 Å². The van der Waals surface area contributed by atoms with Crippen LogP contribution in [0.4, 0.5) is 14.6 Å². The van der Waals surface area contributed by atoms with Crippen molar-refractivity contribution in [2.75, 3.05) is 5.32 Å². The molecule has 1 aliphatic heterocycles. The largest absolute Gasteiger partial charge is 0.451 e. The second-order valence-corrected chi connectivity index (χ2v) is 6.53. The van der Waals surface area contributed by atoms with E-state index in [-0.39, 0.29) is 5.82 Å². The monoisotopic (exact) mass is 394 g/mol. The third-order valence-electron chi connectivity index (χ3n) is 4.57. The summed E-state index contributed by atoms with van der Waals surface area (Å²) in [4.78, 5) is 16.4. The van der Waals surface area contributed by atoms with Gasteiger partial charge in [-0.15, -0.1) is 5.10 Å². The van der Waals surface area contributed by atoms with Gasteiger partial charge in [0.05, 0.1) is 0 Å². The number of anilines is 1. The van der Waals surface area contributed by atoms with Crippen LogP contribution in [0.2, 0.25) is 0 Å². The molecule has 0 aliphatic carbocycles. The Hall–Kier alpha value is -3.81. The van der Waals surface area contributed by atoms with Crippen LogP contribution in [-0.2, 0) is 10.5 Å². The molecule has 29 heavy (non-hydrogen) atoms. The van der Waals surface area contributed by atoms with Crippen molar-refractivity contribution in [3.05, 3.63) is 83.6 Å². The van der Waals surface area contributed by atoms with E-state index in [4.69, 9.17) is 4.74 Å². The summed E-state index contributed by atoms with van der Waals surface area (Å²) in [6.07, 6.45) is 2.90. The first kappa shape index (κ1) is 18.5. The molecule has 1 amide bonds. The van der Waals surface area contributed by atoms with Gasteiger partial charge in [-0.25, -0.2) is 13.8 Å². The number of nitrogens with one attached hydrogen (secondary N) is 2. The quantitative estimate of drug-likeness (QED) is 0.701. The van der Waals surface area contributed by atoms with E-state index in [0.717, 1.165) is 28.8 Å². The maximum atomic E-state index is 13.8. The molecule has 8 heteroatoms. The molecule has 1 aliphatic rings. The molecule has 6 nitrogen and oxygen atoms in total. The van der Waals surface area contributed by atoms with E-state index in [0.29, 0.717) is 0 Å². The van der Waals surface area contributed by atoms with E-state index in [1.54, 1.807) is 18.3 Å². The Labute approximate surface area is 165 Å². The van der Waals surface area contributed by atoms with E-state index in [2.05, 4.69) is 20.8 Å². The molecule has 0 spiro atoms. The van der Waals surface area contributed by atoms with Crippen molar-refractivity contribution in [3.63, 3.8) is 0 Å². The minimum absolute atomic E-state index is 0.170. The van der Waals surface area contributed by atoms with Crippen LogP contribution in [-0.4, -0.2) is 17.3 Å². The molecule has 4 rings (SSSR count). The van der Waals surface area contributed by atoms with Gasteiger partial charge in [-0.2, -0.15) is 0 Å². The van der Waals surface area contributed by atoms with Crippen molar-refractivity contribution in [2.24, 2.45) is 5.10 Å². The first-order chi connectivity index (χ1) is 14.0. The number of carbonyl (C=O) groups is 1. The first-order valence-corrected chi connectivity index (χ1v) is 8.76. The van der Waals surface area contributed by atoms with Gasteiger partial charge in [-0.3, -0.25) is 10.2 Å². The number of ether oxygens (including phenoxy) is 1. The van der Waals surface area contributed by atoms with Crippen LogP contribution in [0.15, 0.2) is 65.9 Å². The van der Waals surface area contributed by atoms with Crippen molar-refractivity contribution in [1.29, 1.82) is 0 Å². The number of hydrogen-bond donors (Lipinski definition) is 2. The molecule has 146 valence electrons. The summed E-state index contributed by atoms with van der Waals surface area (Å²) in [7, 11) is 0. The van der Waals surface area contributed by atoms with Gasteiger partial charge >= 0.3 is 0 Å². The van der Waals surface area contributed by atoms with Crippen LogP contribution in [0.3, 0.4) is 0 Å². The molecule has 1 aromatic heterocycles. The smallest absolute Gasteiger partial charge is 0.262 e. The summed E-state index contributed by atoms with van der Waals surface area (Å²) < 4.78 is 33.1. The zero-order valence-electron chi connectivity index (χ0n) is 15.3. The lowest BCUT2D eigenvalue weighted by Gasteiger charge is -2.25. The number of nitrogens with zero attached hydrogens (tertiary/aromatic N) is 2. The van der Waals surface area contributed by atoms with Gasteiger partial charge in [0.25, 0.3) is 5.91 Å². The highest BCUT2D eigenvalue weighted by atomic mass is 19.1. The standard InChI is InChI=1S/C21H16F2N4O2/c1-21(27-25-12-29-21)15-6-3-2-5-14(15)13-9-10-18(24-11-13)26-20(28)19-16(22)7-4-8-17(19)23/h2-12,27H,1H3,(H,24,26,28). The highest BCUT2D eigenvalue weighted by Crippen LogP contribution is 2.33. The van der Waals surface area contributed by atoms with Gasteiger partial charge < -0.3 is 10.1 Å². The average Bonchev–Trinajstić information content (AvgIpc) is 3.16. The van der Waals surface area contributed by atoms with E-state index >= 15 is 0 Å². The lowest BCUT2D eigenvalue weighted by atomic mass is 9.94. The van der Waals surface area contributed by atoms with Crippen LogP contribution < -0.4 is 10.7 Å². The van der Waals surface area contributed by atoms with Crippen LogP contribution >= 0.6 is 0 Å². The van der Waals surface area contributed by atoms with Crippen molar-refractivity contribution >= 4 is 18.1 Å². The first-order valence-electron chi connectivity index (χ1n) is 8.76. The van der Waals surface area contributed by atoms with E-state index < -0.39 is 28.8 Å². The highest BCUT2D eigenvalue weighted by Gasteiger charge is 2.33. The van der Waals surface area contributed by atoms with Gasteiger partial charge in [-0.1, -0.05) is 30.3 Å². The molecule has 2 aromatic carbocycles. The number of carbonyl (C=O) groups excluding carboxylic acids is 1. The molecule has 2 heterocycles. The molecule has 1 unspecified atom stereocenters. The fraction of sp³-hybridized carbons (Fsp3) is 0.0952. The molecular formula is C21H16F2N4O2. The lowest BCUT2D eigenvalue weighted by Crippen LogP contribution is -2.34. The summed E-state index contributed by atoms with van der Waals surface area (Å²) in [5, 5.41) is 6.32. The summed E-state index contributed by atoms with van der Waals surface area (Å²) >= 11 is 0. The summed E-state index contributed by atoms with van der Waals surface area (Å²) in [6, 6.07) is 14.1. The summed E-state index contributed by atoms with van der Waals surface area (Å²) in [5.74, 6) is -2.61. The number of halogens is 2. The normalized spacial score (nSPS) is 17.5. The van der Waals surface area contributed by atoms with Gasteiger partial charge in [0.2, 0.25) is 5.72 Å². The third kappa shape index (κ3) is 3.52. The third-order valence-corrected chi connectivity index (χ3v) is 4.57. The Bertz CT molecular complexity index is 1070. The predicted molar refractivity (Wildman–Crippen MR) is 104 cm³/mol. The molecule has 0 saturated heterocycles. The second kappa shape index (κ2) is 7.31. The fourth-order valence-corrected chi connectivity index (χ4v) is 3.10. The molecular weight excluding hydrogens is 378 g/mol. The highest BCUT2D eigenvalue weighted by molar-refractivity contribution is 6.04. The number of hydrazone groups is 1. The van der Waals surface area contributed by atoms with Gasteiger partial charge in [0, 0.05) is 24.2 Å². The Morgan fingerprint density at radius 3 is 2.48 bits per heavy atom. The van der Waals surface area contributed by atoms with Crippen molar-refractivity contribution in [1.82, 2.24) is 10.4 Å². The van der Waals surface area contributed by atoms with Gasteiger partial charge in [0.15, 0.2) is 6.40 Å². The van der Waals surface area contributed by atoms with Crippen molar-refractivity contribution in [3.8, 4) is 11.1 Å². The molecule has 0 bridgehead atoms. The van der Waals surface area contributed by atoms with E-state index in [9.17, 15) is 13.6 Å². The number of aromatic nitrogens is 1. The molecule has 1 atom stereocenters. The van der Waals surface area contributed by atoms with Crippen molar-refractivity contribution in [2.45, 2.75) is 12.6 Å². The van der Waals surface area contributed by atoms with Gasteiger partial charge in [0.1, 0.15) is 23.0 Å². The molecule has 3 aromatic rings. The van der Waals surface area contributed by atoms with Crippen LogP contribution in [0.1, 0.15) is 22.8 Å². The average molecular weight is 394 g/mol. The minimum atomic E-state index is -0.937. The Morgan fingerprint density at radius 2 is 1.83 bits per heavy atom. The van der Waals surface area contributed by atoms with Crippen LogP contribution in [0.5, 0.6) is 0 Å². The SMILES string of the molecule is CC1(c2ccccc2-c2ccc(NC(=O)c3c(F)cccc3F)nc2)NN=CO1. The number of benzene rings is 2. The number of hydrogen-bond acceptors (Lipinski definition) is 5. The van der Waals surface area contributed by atoms with E-state index in [1.165, 1.54) is 12.5 Å². The predicted octanol–water partition coefficient (Wildman–Crippen LogP) is 4.01. The Morgan fingerprint density at radius 1 is 1.07 bits per heavy atom. The number of rotatable bonds is 4. The second-order valence-electron chi connectivity index (χ2n) is 6.53. The fourth-order valence-electron chi connectivity index (χ4n) is 3.10. The number of amides is 1. The summed E-state index contributed by atoms with van der Waals surface area (Å²) in [6.45, 7) is 1.85.